The molecule has 1 aromatic carbocycles. The number of alkyl halides is 1. The van der Waals surface area contributed by atoms with Crippen LogP contribution >= 0.6 is 43.2 Å². The number of nitrogens with one attached hydrogen (secondary N) is 1. The molecule has 0 fully saturated rings. The molecule has 3 rings (SSSR count). The van der Waals surface area contributed by atoms with E-state index in [1.165, 1.54) is 30.6 Å². The Labute approximate surface area is 170 Å². The number of hydrogen-bond acceptors (Lipinski definition) is 6. The van der Waals surface area contributed by atoms with Crippen molar-refractivity contribution in [2.75, 3.05) is 12.4 Å². The SMILES string of the molecule is COC(=O)C1=C(CBr)NC(c2nccs2)=NC1(C)c1ccc(F)cc1Br. The molecular weight excluding hydrogens is 489 g/mol. The molecule has 0 aliphatic carbocycles. The molecule has 1 atom stereocenters. The monoisotopic (exact) mass is 501 g/mol. The molecule has 0 spiro atoms. The molecule has 0 amide bonds. The lowest BCUT2D eigenvalue weighted by Gasteiger charge is -2.35. The first-order chi connectivity index (χ1) is 12.4. The predicted octanol–water partition coefficient (Wildman–Crippen LogP) is 4.13. The largest absolute Gasteiger partial charge is 0.466 e. The minimum absolute atomic E-state index is 0.351. The number of aliphatic imine (C=N–C) groups is 1. The molecule has 2 aromatic rings. The molecule has 9 heteroatoms. The van der Waals surface area contributed by atoms with Crippen molar-refractivity contribution in [2.24, 2.45) is 4.99 Å². The zero-order valence-corrected chi connectivity index (χ0v) is 17.8. The normalized spacial score (nSPS) is 19.8. The van der Waals surface area contributed by atoms with Crippen molar-refractivity contribution in [3.63, 3.8) is 0 Å². The van der Waals surface area contributed by atoms with Crippen LogP contribution in [0.5, 0.6) is 0 Å². The predicted molar refractivity (Wildman–Crippen MR) is 106 cm³/mol. The number of amidine groups is 1. The average molecular weight is 503 g/mol. The van der Waals surface area contributed by atoms with Crippen molar-refractivity contribution in [1.29, 1.82) is 0 Å². The number of carbonyl (C=O) groups is 1. The van der Waals surface area contributed by atoms with Gasteiger partial charge in [-0.3, -0.25) is 0 Å². The summed E-state index contributed by atoms with van der Waals surface area (Å²) < 4.78 is 19.1. The minimum Gasteiger partial charge on any atom is -0.466 e. The highest BCUT2D eigenvalue weighted by Gasteiger charge is 2.43. The van der Waals surface area contributed by atoms with Crippen LogP contribution in [0.2, 0.25) is 0 Å². The number of methoxy groups -OCH3 is 1. The molecule has 0 saturated heterocycles. The van der Waals surface area contributed by atoms with Gasteiger partial charge in [-0.05, 0) is 24.6 Å². The lowest BCUT2D eigenvalue weighted by Crippen LogP contribution is -2.42. The van der Waals surface area contributed by atoms with Crippen molar-refractivity contribution in [3.8, 4) is 0 Å². The topological polar surface area (TPSA) is 63.6 Å². The quantitative estimate of drug-likeness (QED) is 0.504. The fourth-order valence-corrected chi connectivity index (χ4v) is 4.59. The maximum atomic E-state index is 13.6. The van der Waals surface area contributed by atoms with Crippen LogP contribution < -0.4 is 5.32 Å². The first-order valence-electron chi connectivity index (χ1n) is 7.51. The maximum Gasteiger partial charge on any atom is 0.338 e. The molecule has 5 nitrogen and oxygen atoms in total. The number of esters is 1. The van der Waals surface area contributed by atoms with Gasteiger partial charge in [0.25, 0.3) is 0 Å². The van der Waals surface area contributed by atoms with E-state index in [-0.39, 0.29) is 5.82 Å². The number of hydrogen-bond donors (Lipinski definition) is 1. The molecule has 1 N–H and O–H groups in total. The smallest absolute Gasteiger partial charge is 0.338 e. The van der Waals surface area contributed by atoms with Gasteiger partial charge < -0.3 is 10.1 Å². The van der Waals surface area contributed by atoms with Crippen LogP contribution in [-0.2, 0) is 15.1 Å². The van der Waals surface area contributed by atoms with Crippen molar-refractivity contribution in [1.82, 2.24) is 10.3 Å². The molecule has 26 heavy (non-hydrogen) atoms. The summed E-state index contributed by atoms with van der Waals surface area (Å²) in [6.07, 6.45) is 1.68. The van der Waals surface area contributed by atoms with Gasteiger partial charge in [-0.2, -0.15) is 0 Å². The highest BCUT2D eigenvalue weighted by molar-refractivity contribution is 9.10. The number of ether oxygens (including phenoxy) is 1. The summed E-state index contributed by atoms with van der Waals surface area (Å²) in [7, 11) is 1.32. The van der Waals surface area contributed by atoms with Crippen LogP contribution in [0.25, 0.3) is 0 Å². The van der Waals surface area contributed by atoms with Gasteiger partial charge in [0.2, 0.25) is 0 Å². The Morgan fingerprint density at radius 1 is 1.46 bits per heavy atom. The van der Waals surface area contributed by atoms with Gasteiger partial charge >= 0.3 is 5.97 Å². The Kier molecular flexibility index (Phi) is 5.59. The van der Waals surface area contributed by atoms with E-state index >= 15 is 0 Å². The Balaban J connectivity index is 2.27. The van der Waals surface area contributed by atoms with E-state index in [4.69, 9.17) is 9.73 Å². The summed E-state index contributed by atoms with van der Waals surface area (Å²) in [6.45, 7) is 1.80. The van der Waals surface area contributed by atoms with Crippen molar-refractivity contribution >= 4 is 55.0 Å². The zero-order chi connectivity index (χ0) is 18.9. The number of nitrogens with zero attached hydrogens (tertiary/aromatic N) is 2. The van der Waals surface area contributed by atoms with E-state index in [9.17, 15) is 9.18 Å². The highest BCUT2D eigenvalue weighted by Crippen LogP contribution is 2.42. The van der Waals surface area contributed by atoms with Gasteiger partial charge in [-0.15, -0.1) is 11.3 Å². The number of halogens is 3. The van der Waals surface area contributed by atoms with Crippen LogP contribution in [0.15, 0.2) is 50.5 Å². The Bertz CT molecular complexity index is 915. The third-order valence-electron chi connectivity index (χ3n) is 4.01. The third-order valence-corrected chi connectivity index (χ3v) is 6.00. The first kappa shape index (κ1) is 19.2. The summed E-state index contributed by atoms with van der Waals surface area (Å²) in [5.74, 6) is -0.347. The third kappa shape index (κ3) is 3.35. The van der Waals surface area contributed by atoms with Crippen LogP contribution in [0, 0.1) is 5.82 Å². The Morgan fingerprint density at radius 2 is 2.23 bits per heavy atom. The maximum absolute atomic E-state index is 13.6. The lowest BCUT2D eigenvalue weighted by atomic mass is 9.82. The first-order valence-corrected chi connectivity index (χ1v) is 10.3. The number of carbonyl (C=O) groups excluding carboxylic acids is 1. The standard InChI is InChI=1S/C17H14Br2FN3O2S/c1-17(10-4-3-9(20)7-11(10)19)13(16(24)25-2)12(8-18)22-14(23-17)15-21-5-6-26-15/h3-7H,8H2,1-2H3,(H,22,23). The molecule has 0 radical (unpaired) electrons. The van der Waals surface area contributed by atoms with Gasteiger partial charge in [0, 0.05) is 27.1 Å². The zero-order valence-electron chi connectivity index (χ0n) is 13.8. The lowest BCUT2D eigenvalue weighted by molar-refractivity contribution is -0.137. The van der Waals surface area contributed by atoms with Crippen molar-refractivity contribution in [3.05, 3.63) is 61.9 Å². The second-order valence-electron chi connectivity index (χ2n) is 5.60. The summed E-state index contributed by atoms with van der Waals surface area (Å²) in [6, 6.07) is 4.31. The van der Waals surface area contributed by atoms with Crippen LogP contribution in [-0.4, -0.2) is 29.2 Å². The molecule has 136 valence electrons. The summed E-state index contributed by atoms with van der Waals surface area (Å²) in [5.41, 5.74) is 0.531. The fourth-order valence-electron chi connectivity index (χ4n) is 2.85. The van der Waals surface area contributed by atoms with Gasteiger partial charge in [-0.25, -0.2) is 19.2 Å². The average Bonchev–Trinajstić information content (AvgIpc) is 3.14. The van der Waals surface area contributed by atoms with Gasteiger partial charge in [0.15, 0.2) is 10.8 Å². The van der Waals surface area contributed by atoms with E-state index in [0.29, 0.717) is 37.5 Å². The van der Waals surface area contributed by atoms with Gasteiger partial charge in [0.05, 0.1) is 12.7 Å². The molecular formula is C17H14Br2FN3O2S. The number of allylic oxidation sites excluding steroid dienone is 1. The molecule has 0 bridgehead atoms. The second-order valence-corrected chi connectivity index (χ2v) is 7.91. The molecule has 1 aliphatic rings. The van der Waals surface area contributed by atoms with E-state index in [0.717, 1.165) is 0 Å². The summed E-state index contributed by atoms with van der Waals surface area (Å²) in [5, 5.41) is 6.09. The van der Waals surface area contributed by atoms with Crippen LogP contribution in [0.1, 0.15) is 17.5 Å². The Morgan fingerprint density at radius 3 is 2.81 bits per heavy atom. The van der Waals surface area contributed by atoms with E-state index in [1.807, 2.05) is 5.38 Å². The van der Waals surface area contributed by atoms with E-state index < -0.39 is 11.5 Å². The molecule has 0 saturated carbocycles. The molecule has 1 aromatic heterocycles. The van der Waals surface area contributed by atoms with Crippen LogP contribution in [0.3, 0.4) is 0 Å². The number of rotatable bonds is 4. The Hall–Kier alpha value is -1.58. The highest BCUT2D eigenvalue weighted by atomic mass is 79.9. The summed E-state index contributed by atoms with van der Waals surface area (Å²) in [4.78, 5) is 21.7. The van der Waals surface area contributed by atoms with E-state index in [1.54, 1.807) is 19.2 Å². The number of aromatic nitrogens is 1. The molecule has 1 aliphatic heterocycles. The minimum atomic E-state index is -1.09. The number of benzene rings is 1. The van der Waals surface area contributed by atoms with Gasteiger partial charge in [0.1, 0.15) is 11.4 Å². The number of thiazole rings is 1. The van der Waals surface area contributed by atoms with Gasteiger partial charge in [-0.1, -0.05) is 37.9 Å². The van der Waals surface area contributed by atoms with Crippen molar-refractivity contribution < 1.29 is 13.9 Å². The molecule has 2 heterocycles. The second kappa shape index (κ2) is 7.58. The molecule has 1 unspecified atom stereocenters. The summed E-state index contributed by atoms with van der Waals surface area (Å²) >= 11 is 8.25. The van der Waals surface area contributed by atoms with Crippen LogP contribution in [0.4, 0.5) is 4.39 Å². The van der Waals surface area contributed by atoms with Crippen molar-refractivity contribution in [2.45, 2.75) is 12.5 Å². The fraction of sp³-hybridized carbons (Fsp3) is 0.235. The van der Waals surface area contributed by atoms with E-state index in [2.05, 4.69) is 42.2 Å².